The van der Waals surface area contributed by atoms with E-state index < -0.39 is 31.3 Å². The Bertz CT molecular complexity index is 654. The number of carbonyl (C=O) groups is 1. The van der Waals surface area contributed by atoms with Crippen molar-refractivity contribution in [1.29, 1.82) is 0 Å². The third-order valence-corrected chi connectivity index (χ3v) is 5.22. The van der Waals surface area contributed by atoms with Crippen LogP contribution in [-0.2, 0) is 13.8 Å². The fraction of sp³-hybridized carbons (Fsp3) is 0.462. The van der Waals surface area contributed by atoms with Crippen LogP contribution in [0.25, 0.3) is 0 Å². The highest BCUT2D eigenvalue weighted by molar-refractivity contribution is 8.13. The van der Waals surface area contributed by atoms with Crippen LogP contribution in [0.1, 0.15) is 36.0 Å². The number of carbonyl (C=O) groups excluding carboxylic acids is 1. The van der Waals surface area contributed by atoms with E-state index in [2.05, 4.69) is 0 Å². The van der Waals surface area contributed by atoms with Crippen LogP contribution in [0.2, 0.25) is 5.02 Å². The van der Waals surface area contributed by atoms with Crippen LogP contribution in [-0.4, -0.2) is 21.0 Å². The van der Waals surface area contributed by atoms with Crippen molar-refractivity contribution >= 4 is 37.3 Å². The molecular weight excluding hydrogens is 342 g/mol. The second-order valence-electron chi connectivity index (χ2n) is 4.95. The van der Waals surface area contributed by atoms with Crippen molar-refractivity contribution < 1.29 is 22.3 Å². The molecule has 0 saturated heterocycles. The lowest BCUT2D eigenvalue weighted by atomic mass is 10.1. The molecule has 0 aromatic heterocycles. The molecule has 0 atom stereocenters. The number of rotatable bonds is 4. The van der Waals surface area contributed by atoms with E-state index in [4.69, 9.17) is 27.0 Å². The normalized spacial score (nSPS) is 16.1. The Hall–Kier alpha value is -0.850. The van der Waals surface area contributed by atoms with Crippen LogP contribution >= 0.6 is 22.3 Å². The van der Waals surface area contributed by atoms with Gasteiger partial charge in [0.1, 0.15) is 10.7 Å². The third-order valence-electron chi connectivity index (χ3n) is 3.43. The summed E-state index contributed by atoms with van der Waals surface area (Å²) in [6.45, 7) is 0.198. The largest absolute Gasteiger partial charge is 0.462 e. The molecule has 1 saturated carbocycles. The maximum absolute atomic E-state index is 13.7. The first-order chi connectivity index (χ1) is 9.79. The molecule has 1 fully saturated rings. The van der Waals surface area contributed by atoms with Crippen molar-refractivity contribution in [1.82, 2.24) is 0 Å². The van der Waals surface area contributed by atoms with Crippen LogP contribution in [0.5, 0.6) is 0 Å². The van der Waals surface area contributed by atoms with Crippen LogP contribution < -0.4 is 0 Å². The van der Waals surface area contributed by atoms with Gasteiger partial charge in [0.05, 0.1) is 17.2 Å². The first kappa shape index (κ1) is 16.5. The van der Waals surface area contributed by atoms with Gasteiger partial charge in [-0.25, -0.2) is 17.6 Å². The van der Waals surface area contributed by atoms with Gasteiger partial charge in [-0.2, -0.15) is 0 Å². The van der Waals surface area contributed by atoms with Crippen LogP contribution in [0.3, 0.4) is 0 Å². The number of esters is 1. The maximum Gasteiger partial charge on any atom is 0.341 e. The van der Waals surface area contributed by atoms with Gasteiger partial charge in [0.25, 0.3) is 9.05 Å². The minimum atomic E-state index is -4.17. The van der Waals surface area contributed by atoms with Gasteiger partial charge in [0.2, 0.25) is 0 Å². The van der Waals surface area contributed by atoms with Crippen molar-refractivity contribution in [2.45, 2.75) is 30.6 Å². The fourth-order valence-corrected chi connectivity index (χ4v) is 3.83. The zero-order chi connectivity index (χ0) is 15.6. The van der Waals surface area contributed by atoms with E-state index in [1.54, 1.807) is 0 Å². The lowest BCUT2D eigenvalue weighted by Crippen LogP contribution is -2.14. The molecule has 0 unspecified atom stereocenters. The van der Waals surface area contributed by atoms with Gasteiger partial charge in [0.15, 0.2) is 0 Å². The summed E-state index contributed by atoms with van der Waals surface area (Å²) in [7, 11) is 1.02. The zero-order valence-electron chi connectivity index (χ0n) is 10.9. The van der Waals surface area contributed by atoms with Crippen LogP contribution in [0.4, 0.5) is 4.39 Å². The van der Waals surface area contributed by atoms with Gasteiger partial charge in [0, 0.05) is 10.7 Å². The van der Waals surface area contributed by atoms with Crippen LogP contribution in [0.15, 0.2) is 17.0 Å². The Morgan fingerprint density at radius 2 is 1.95 bits per heavy atom. The molecule has 0 amide bonds. The molecule has 1 aromatic rings. The molecule has 0 bridgehead atoms. The minimum Gasteiger partial charge on any atom is -0.462 e. The molecule has 0 N–H and O–H groups in total. The molecule has 0 aliphatic heterocycles. The molecule has 2 rings (SSSR count). The summed E-state index contributed by atoms with van der Waals surface area (Å²) in [6, 6.07) is 1.54. The SMILES string of the molecule is O=C(OCC1CCCC1)c1cc(S(=O)(=O)Cl)c(Cl)cc1F. The Morgan fingerprint density at radius 1 is 1.33 bits per heavy atom. The zero-order valence-corrected chi connectivity index (χ0v) is 13.3. The molecule has 21 heavy (non-hydrogen) atoms. The van der Waals surface area contributed by atoms with Crippen molar-refractivity contribution in [2.24, 2.45) is 5.92 Å². The van der Waals surface area contributed by atoms with Gasteiger partial charge >= 0.3 is 5.97 Å². The summed E-state index contributed by atoms with van der Waals surface area (Å²) in [5.41, 5.74) is -0.489. The number of ether oxygens (including phenoxy) is 1. The number of benzene rings is 1. The third kappa shape index (κ3) is 4.08. The molecule has 116 valence electrons. The highest BCUT2D eigenvalue weighted by atomic mass is 35.7. The van der Waals surface area contributed by atoms with Gasteiger partial charge in [-0.3, -0.25) is 0 Å². The van der Waals surface area contributed by atoms with Crippen LogP contribution in [0, 0.1) is 11.7 Å². The Labute approximate surface area is 131 Å². The van der Waals surface area contributed by atoms with E-state index in [9.17, 15) is 17.6 Å². The van der Waals surface area contributed by atoms with E-state index in [0.717, 1.165) is 37.8 Å². The topological polar surface area (TPSA) is 60.4 Å². The molecule has 4 nitrogen and oxygen atoms in total. The summed E-state index contributed by atoms with van der Waals surface area (Å²) in [5.74, 6) is -1.58. The number of hydrogen-bond donors (Lipinski definition) is 0. The van der Waals surface area contributed by atoms with Crippen molar-refractivity contribution in [3.63, 3.8) is 0 Å². The smallest absolute Gasteiger partial charge is 0.341 e. The highest BCUT2D eigenvalue weighted by Gasteiger charge is 2.24. The molecule has 1 aliphatic rings. The summed E-state index contributed by atoms with van der Waals surface area (Å²) in [4.78, 5) is 11.4. The molecule has 1 aliphatic carbocycles. The first-order valence-electron chi connectivity index (χ1n) is 6.40. The summed E-state index contributed by atoms with van der Waals surface area (Å²) < 4.78 is 41.4. The second-order valence-corrected chi connectivity index (χ2v) is 7.89. The molecule has 0 spiro atoms. The maximum atomic E-state index is 13.7. The van der Waals surface area contributed by atoms with Gasteiger partial charge in [-0.1, -0.05) is 24.4 Å². The van der Waals surface area contributed by atoms with Crippen molar-refractivity contribution in [3.8, 4) is 0 Å². The predicted octanol–water partition coefficient (Wildman–Crippen LogP) is 3.75. The highest BCUT2D eigenvalue weighted by Crippen LogP contribution is 2.29. The average Bonchev–Trinajstić information content (AvgIpc) is 2.87. The van der Waals surface area contributed by atoms with Crippen molar-refractivity contribution in [2.75, 3.05) is 6.61 Å². The van der Waals surface area contributed by atoms with Gasteiger partial charge < -0.3 is 4.74 Å². The standard InChI is InChI=1S/C13H13Cl2FO4S/c14-10-6-11(16)9(5-12(10)21(15,18)19)13(17)20-7-8-3-1-2-4-8/h5-6,8H,1-4,7H2. The van der Waals surface area contributed by atoms with E-state index in [1.807, 2.05) is 0 Å². The van der Waals surface area contributed by atoms with E-state index in [1.165, 1.54) is 0 Å². The van der Waals surface area contributed by atoms with Gasteiger partial charge in [-0.15, -0.1) is 0 Å². The van der Waals surface area contributed by atoms with Crippen molar-refractivity contribution in [3.05, 3.63) is 28.5 Å². The lowest BCUT2D eigenvalue weighted by molar-refractivity contribution is 0.0437. The number of halogens is 3. The van der Waals surface area contributed by atoms with E-state index in [0.29, 0.717) is 0 Å². The molecule has 0 radical (unpaired) electrons. The summed E-state index contributed by atoms with van der Waals surface area (Å²) in [5, 5.41) is -0.380. The molecular formula is C13H13Cl2FO4S. The minimum absolute atomic E-state index is 0.198. The predicted molar refractivity (Wildman–Crippen MR) is 76.7 cm³/mol. The van der Waals surface area contributed by atoms with E-state index >= 15 is 0 Å². The Morgan fingerprint density at radius 3 is 2.52 bits per heavy atom. The second kappa shape index (κ2) is 6.50. The Kier molecular flexibility index (Phi) is 5.11. The molecule has 8 heteroatoms. The Balaban J connectivity index is 2.20. The summed E-state index contributed by atoms with van der Waals surface area (Å²) >= 11 is 5.62. The van der Waals surface area contributed by atoms with Gasteiger partial charge in [-0.05, 0) is 30.9 Å². The number of hydrogen-bond acceptors (Lipinski definition) is 4. The fourth-order valence-electron chi connectivity index (χ4n) is 2.32. The lowest BCUT2D eigenvalue weighted by Gasteiger charge is -2.11. The average molecular weight is 355 g/mol. The summed E-state index contributed by atoms with van der Waals surface area (Å²) in [6.07, 6.45) is 4.12. The van der Waals surface area contributed by atoms with E-state index in [-0.39, 0.29) is 17.5 Å². The quantitative estimate of drug-likeness (QED) is 0.610. The first-order valence-corrected chi connectivity index (χ1v) is 9.08. The molecule has 1 aromatic carbocycles. The monoisotopic (exact) mass is 354 g/mol. The molecule has 0 heterocycles.